The number of halogens is 2. The van der Waals surface area contributed by atoms with Gasteiger partial charge in [-0.05, 0) is 53.9 Å². The minimum absolute atomic E-state index is 0.111. The molecule has 6 heteroatoms. The number of anilines is 1. The molecular formula is C23H18Cl2N2OS. The Hall–Kier alpha value is -2.45. The van der Waals surface area contributed by atoms with Crippen LogP contribution in [0.1, 0.15) is 22.6 Å². The van der Waals surface area contributed by atoms with Crippen LogP contribution < -0.4 is 5.32 Å². The predicted molar refractivity (Wildman–Crippen MR) is 121 cm³/mol. The molecule has 0 aliphatic carbocycles. The van der Waals surface area contributed by atoms with Gasteiger partial charge in [0.15, 0.2) is 0 Å². The fourth-order valence-corrected chi connectivity index (χ4v) is 4.01. The fourth-order valence-electron chi connectivity index (χ4n) is 2.89. The highest BCUT2D eigenvalue weighted by molar-refractivity contribution is 8.00. The summed E-state index contributed by atoms with van der Waals surface area (Å²) in [4.78, 5) is 13.4. The van der Waals surface area contributed by atoms with Crippen LogP contribution in [0.3, 0.4) is 0 Å². The molecule has 0 saturated carbocycles. The standard InChI is InChI=1S/C23H18Cl2N2OS/c1-15-11-19(20(13-26)16-7-9-17(24)10-8-16)21(25)12-22(15)27-23(28)14-29-18-5-3-2-4-6-18/h2-12,20H,14H2,1H3,(H,27,28)/t20-/m1/s1. The molecule has 0 aliphatic rings. The van der Waals surface area contributed by atoms with Crippen LogP contribution in [0.5, 0.6) is 0 Å². The summed E-state index contributed by atoms with van der Waals surface area (Å²) in [6.07, 6.45) is 0. The third kappa shape index (κ3) is 5.55. The van der Waals surface area contributed by atoms with E-state index in [4.69, 9.17) is 23.2 Å². The molecular weight excluding hydrogens is 423 g/mol. The average Bonchev–Trinajstić information content (AvgIpc) is 2.72. The zero-order valence-electron chi connectivity index (χ0n) is 15.7. The molecule has 0 saturated heterocycles. The predicted octanol–water partition coefficient (Wildman–Crippen LogP) is 6.69. The number of hydrogen-bond donors (Lipinski definition) is 1. The number of nitriles is 1. The molecule has 3 nitrogen and oxygen atoms in total. The first kappa shape index (κ1) is 21.3. The van der Waals surface area contributed by atoms with Gasteiger partial charge in [0.25, 0.3) is 0 Å². The maximum absolute atomic E-state index is 12.3. The summed E-state index contributed by atoms with van der Waals surface area (Å²) < 4.78 is 0. The molecule has 0 aromatic heterocycles. The molecule has 0 unspecified atom stereocenters. The maximum atomic E-state index is 12.3. The zero-order valence-corrected chi connectivity index (χ0v) is 18.0. The van der Waals surface area contributed by atoms with E-state index >= 15 is 0 Å². The summed E-state index contributed by atoms with van der Waals surface area (Å²) in [5.41, 5.74) is 3.00. The number of aryl methyl sites for hydroxylation is 1. The van der Waals surface area contributed by atoms with Gasteiger partial charge >= 0.3 is 0 Å². The second kappa shape index (κ2) is 9.84. The van der Waals surface area contributed by atoms with E-state index in [1.54, 1.807) is 18.2 Å². The molecule has 146 valence electrons. The van der Waals surface area contributed by atoms with Crippen LogP contribution >= 0.6 is 35.0 Å². The van der Waals surface area contributed by atoms with Crippen LogP contribution in [-0.2, 0) is 4.79 Å². The Labute approximate surface area is 184 Å². The molecule has 29 heavy (non-hydrogen) atoms. The molecule has 0 spiro atoms. The van der Waals surface area contributed by atoms with Gasteiger partial charge in [0, 0.05) is 20.6 Å². The largest absolute Gasteiger partial charge is 0.325 e. The van der Waals surface area contributed by atoms with Crippen molar-refractivity contribution in [1.82, 2.24) is 0 Å². The number of rotatable bonds is 6. The molecule has 0 heterocycles. The summed E-state index contributed by atoms with van der Waals surface area (Å²) in [5.74, 6) is -0.328. The number of nitrogens with one attached hydrogen (secondary N) is 1. The van der Waals surface area contributed by atoms with Crippen LogP contribution in [0.25, 0.3) is 0 Å². The van der Waals surface area contributed by atoms with Gasteiger partial charge in [-0.1, -0.05) is 59.6 Å². The average molecular weight is 441 g/mol. The summed E-state index contributed by atoms with van der Waals surface area (Å²) in [7, 11) is 0. The highest BCUT2D eigenvalue weighted by Gasteiger charge is 2.19. The summed E-state index contributed by atoms with van der Waals surface area (Å²) in [6.45, 7) is 1.88. The van der Waals surface area contributed by atoms with Gasteiger partial charge < -0.3 is 5.32 Å². The Morgan fingerprint density at radius 1 is 1.10 bits per heavy atom. The Balaban J connectivity index is 1.75. The quantitative estimate of drug-likeness (QED) is 0.434. The van der Waals surface area contributed by atoms with Gasteiger partial charge in [0.1, 0.15) is 0 Å². The first-order chi connectivity index (χ1) is 14.0. The van der Waals surface area contributed by atoms with Gasteiger partial charge in [-0.15, -0.1) is 11.8 Å². The first-order valence-electron chi connectivity index (χ1n) is 8.90. The first-order valence-corrected chi connectivity index (χ1v) is 10.6. The van der Waals surface area contributed by atoms with Crippen molar-refractivity contribution in [3.63, 3.8) is 0 Å². The number of nitrogens with zero attached hydrogens (tertiary/aromatic N) is 1. The van der Waals surface area contributed by atoms with Crippen molar-refractivity contribution in [1.29, 1.82) is 5.26 Å². The van der Waals surface area contributed by atoms with Crippen LogP contribution in [0.4, 0.5) is 5.69 Å². The van der Waals surface area contributed by atoms with E-state index < -0.39 is 5.92 Å². The Kier molecular flexibility index (Phi) is 7.22. The van der Waals surface area contributed by atoms with Crippen LogP contribution in [-0.4, -0.2) is 11.7 Å². The van der Waals surface area contributed by atoms with Gasteiger partial charge in [-0.2, -0.15) is 5.26 Å². The third-order valence-corrected chi connectivity index (χ3v) is 5.97. The van der Waals surface area contributed by atoms with Crippen molar-refractivity contribution >= 4 is 46.6 Å². The van der Waals surface area contributed by atoms with E-state index in [0.29, 0.717) is 27.0 Å². The molecule has 1 amide bonds. The minimum Gasteiger partial charge on any atom is -0.325 e. The molecule has 0 bridgehead atoms. The molecule has 0 aliphatic heterocycles. The smallest absolute Gasteiger partial charge is 0.234 e. The van der Waals surface area contributed by atoms with Gasteiger partial charge in [0.05, 0.1) is 17.7 Å². The van der Waals surface area contributed by atoms with E-state index in [1.165, 1.54) is 11.8 Å². The monoisotopic (exact) mass is 440 g/mol. The second-order valence-electron chi connectivity index (χ2n) is 6.45. The SMILES string of the molecule is Cc1cc([C@H](C#N)c2ccc(Cl)cc2)c(Cl)cc1NC(=O)CSc1ccccc1. The van der Waals surface area contributed by atoms with Crippen LogP contribution in [0, 0.1) is 18.3 Å². The molecule has 1 N–H and O–H groups in total. The van der Waals surface area contributed by atoms with Crippen LogP contribution in [0.15, 0.2) is 71.6 Å². The molecule has 3 aromatic carbocycles. The van der Waals surface area contributed by atoms with Crippen molar-refractivity contribution in [2.45, 2.75) is 17.7 Å². The molecule has 1 atom stereocenters. The van der Waals surface area contributed by atoms with Gasteiger partial charge in [-0.25, -0.2) is 0 Å². The number of carbonyl (C=O) groups is 1. The van der Waals surface area contributed by atoms with Crippen molar-refractivity contribution in [3.05, 3.63) is 93.5 Å². The topological polar surface area (TPSA) is 52.9 Å². The van der Waals surface area contributed by atoms with Gasteiger partial charge in [-0.3, -0.25) is 4.79 Å². The Bertz CT molecular complexity index is 1050. The molecule has 3 rings (SSSR count). The highest BCUT2D eigenvalue weighted by atomic mass is 35.5. The van der Waals surface area contributed by atoms with Crippen LogP contribution in [0.2, 0.25) is 10.0 Å². The highest BCUT2D eigenvalue weighted by Crippen LogP contribution is 2.34. The number of benzene rings is 3. The van der Waals surface area contributed by atoms with Crippen molar-refractivity contribution in [2.75, 3.05) is 11.1 Å². The fraction of sp³-hybridized carbons (Fsp3) is 0.130. The number of amides is 1. The lowest BCUT2D eigenvalue weighted by Crippen LogP contribution is -2.15. The summed E-state index contributed by atoms with van der Waals surface area (Å²) in [5, 5.41) is 13.6. The maximum Gasteiger partial charge on any atom is 0.234 e. The minimum atomic E-state index is -0.517. The summed E-state index contributed by atoms with van der Waals surface area (Å²) >= 11 is 13.9. The molecule has 0 fully saturated rings. The summed E-state index contributed by atoms with van der Waals surface area (Å²) in [6, 6.07) is 22.7. The van der Waals surface area contributed by atoms with E-state index in [2.05, 4.69) is 11.4 Å². The van der Waals surface area contributed by atoms with E-state index in [-0.39, 0.29) is 5.91 Å². The van der Waals surface area contributed by atoms with Crippen molar-refractivity contribution in [2.24, 2.45) is 0 Å². The van der Waals surface area contributed by atoms with Crippen molar-refractivity contribution in [3.8, 4) is 6.07 Å². The Morgan fingerprint density at radius 2 is 1.79 bits per heavy atom. The van der Waals surface area contributed by atoms with Gasteiger partial charge in [0.2, 0.25) is 5.91 Å². The lowest BCUT2D eigenvalue weighted by molar-refractivity contribution is -0.113. The number of carbonyl (C=O) groups excluding carboxylic acids is 1. The lowest BCUT2D eigenvalue weighted by Gasteiger charge is -2.16. The van der Waals surface area contributed by atoms with Crippen molar-refractivity contribution < 1.29 is 4.79 Å². The zero-order chi connectivity index (χ0) is 20.8. The van der Waals surface area contributed by atoms with E-state index in [1.807, 2.05) is 55.5 Å². The number of hydrogen-bond acceptors (Lipinski definition) is 3. The molecule has 0 radical (unpaired) electrons. The van der Waals surface area contributed by atoms with E-state index in [0.717, 1.165) is 16.0 Å². The normalized spacial score (nSPS) is 11.5. The number of thioether (sulfide) groups is 1. The Morgan fingerprint density at radius 3 is 2.45 bits per heavy atom. The lowest BCUT2D eigenvalue weighted by atomic mass is 9.91. The third-order valence-electron chi connectivity index (χ3n) is 4.37. The second-order valence-corrected chi connectivity index (χ2v) is 8.34. The van der Waals surface area contributed by atoms with E-state index in [9.17, 15) is 10.1 Å². The molecule has 3 aromatic rings.